The van der Waals surface area contributed by atoms with E-state index in [0.717, 1.165) is 24.8 Å². The first-order valence-corrected chi connectivity index (χ1v) is 7.76. The first kappa shape index (κ1) is 14.9. The van der Waals surface area contributed by atoms with Crippen molar-refractivity contribution in [3.05, 3.63) is 71.8 Å². The van der Waals surface area contributed by atoms with E-state index in [4.69, 9.17) is 9.47 Å². The SMILES string of the molecule is O=C(c1ccccc1)C(OC1CCCCO1)c1ccccc1. The smallest absolute Gasteiger partial charge is 0.196 e. The number of ketones is 1. The summed E-state index contributed by atoms with van der Waals surface area (Å²) in [6.45, 7) is 0.700. The van der Waals surface area contributed by atoms with Crippen molar-refractivity contribution in [2.45, 2.75) is 31.7 Å². The van der Waals surface area contributed by atoms with Crippen LogP contribution in [0, 0.1) is 0 Å². The lowest BCUT2D eigenvalue weighted by Gasteiger charge is -2.27. The Hall–Kier alpha value is -1.97. The van der Waals surface area contributed by atoms with E-state index >= 15 is 0 Å². The topological polar surface area (TPSA) is 35.5 Å². The fourth-order valence-electron chi connectivity index (χ4n) is 2.64. The summed E-state index contributed by atoms with van der Waals surface area (Å²) in [6, 6.07) is 18.9. The maximum absolute atomic E-state index is 12.8. The lowest BCUT2D eigenvalue weighted by atomic mass is 9.99. The lowest BCUT2D eigenvalue weighted by Crippen LogP contribution is -2.28. The first-order valence-electron chi connectivity index (χ1n) is 7.76. The summed E-state index contributed by atoms with van der Waals surface area (Å²) in [7, 11) is 0. The molecule has 1 aliphatic heterocycles. The highest BCUT2D eigenvalue weighted by atomic mass is 16.7. The number of carbonyl (C=O) groups excluding carboxylic acids is 1. The molecule has 1 saturated heterocycles. The number of hydrogen-bond donors (Lipinski definition) is 0. The van der Waals surface area contributed by atoms with Crippen LogP contribution in [0.15, 0.2) is 60.7 Å². The van der Waals surface area contributed by atoms with Gasteiger partial charge in [0.1, 0.15) is 6.10 Å². The van der Waals surface area contributed by atoms with Crippen LogP contribution in [0.25, 0.3) is 0 Å². The Morgan fingerprint density at radius 3 is 2.32 bits per heavy atom. The van der Waals surface area contributed by atoms with Crippen LogP contribution in [-0.4, -0.2) is 18.7 Å². The summed E-state index contributed by atoms with van der Waals surface area (Å²) in [5.74, 6) is -0.0269. The molecule has 0 aromatic heterocycles. The van der Waals surface area contributed by atoms with E-state index in [1.54, 1.807) is 0 Å². The standard InChI is InChI=1S/C19H20O3/c20-18(15-9-3-1-4-10-15)19(16-11-5-2-6-12-16)22-17-13-7-8-14-21-17/h1-6,9-12,17,19H,7-8,13-14H2. The number of ether oxygens (including phenoxy) is 2. The molecule has 2 aromatic rings. The third-order valence-electron chi connectivity index (χ3n) is 3.82. The maximum Gasteiger partial charge on any atom is 0.196 e. The average molecular weight is 296 g/mol. The second-order valence-electron chi connectivity index (χ2n) is 5.45. The molecule has 2 atom stereocenters. The highest BCUT2D eigenvalue weighted by Crippen LogP contribution is 2.27. The quantitative estimate of drug-likeness (QED) is 0.777. The van der Waals surface area contributed by atoms with Gasteiger partial charge in [0, 0.05) is 12.2 Å². The van der Waals surface area contributed by atoms with Crippen LogP contribution in [-0.2, 0) is 9.47 Å². The Balaban J connectivity index is 1.84. The molecule has 2 unspecified atom stereocenters. The van der Waals surface area contributed by atoms with Crippen molar-refractivity contribution in [3.8, 4) is 0 Å². The largest absolute Gasteiger partial charge is 0.353 e. The van der Waals surface area contributed by atoms with Crippen LogP contribution in [0.1, 0.15) is 41.3 Å². The van der Waals surface area contributed by atoms with Crippen molar-refractivity contribution in [3.63, 3.8) is 0 Å². The third kappa shape index (κ3) is 3.62. The van der Waals surface area contributed by atoms with Crippen LogP contribution in [0.4, 0.5) is 0 Å². The predicted molar refractivity (Wildman–Crippen MR) is 84.6 cm³/mol. The van der Waals surface area contributed by atoms with Crippen molar-refractivity contribution >= 4 is 5.78 Å². The molecule has 0 bridgehead atoms. The first-order chi connectivity index (χ1) is 10.8. The van der Waals surface area contributed by atoms with Gasteiger partial charge >= 0.3 is 0 Å². The summed E-state index contributed by atoms with van der Waals surface area (Å²) in [5, 5.41) is 0. The minimum Gasteiger partial charge on any atom is -0.353 e. The lowest BCUT2D eigenvalue weighted by molar-refractivity contribution is -0.179. The van der Waals surface area contributed by atoms with Gasteiger partial charge in [-0.05, 0) is 24.8 Å². The molecule has 114 valence electrons. The van der Waals surface area contributed by atoms with E-state index in [-0.39, 0.29) is 12.1 Å². The summed E-state index contributed by atoms with van der Waals surface area (Å²) >= 11 is 0. The monoisotopic (exact) mass is 296 g/mol. The van der Waals surface area contributed by atoms with E-state index in [2.05, 4.69) is 0 Å². The van der Waals surface area contributed by atoms with Crippen molar-refractivity contribution in [1.29, 1.82) is 0 Å². The molecule has 0 amide bonds. The highest BCUT2D eigenvalue weighted by molar-refractivity contribution is 6.00. The maximum atomic E-state index is 12.8. The molecular formula is C19H20O3. The molecule has 22 heavy (non-hydrogen) atoms. The van der Waals surface area contributed by atoms with Gasteiger partial charge < -0.3 is 9.47 Å². The van der Waals surface area contributed by atoms with E-state index in [9.17, 15) is 4.79 Å². The zero-order chi connectivity index (χ0) is 15.2. The average Bonchev–Trinajstić information content (AvgIpc) is 2.61. The van der Waals surface area contributed by atoms with E-state index < -0.39 is 6.10 Å². The second kappa shape index (κ2) is 7.34. The van der Waals surface area contributed by atoms with Crippen LogP contribution in [0.2, 0.25) is 0 Å². The minimum atomic E-state index is -0.619. The van der Waals surface area contributed by atoms with E-state index in [1.807, 2.05) is 60.7 Å². The Kier molecular flexibility index (Phi) is 4.99. The summed E-state index contributed by atoms with van der Waals surface area (Å²) in [5.41, 5.74) is 1.53. The minimum absolute atomic E-state index is 0.0269. The number of hydrogen-bond acceptors (Lipinski definition) is 3. The fourth-order valence-corrected chi connectivity index (χ4v) is 2.64. The fraction of sp³-hybridized carbons (Fsp3) is 0.316. The van der Waals surface area contributed by atoms with E-state index in [0.29, 0.717) is 12.2 Å². The summed E-state index contributed by atoms with van der Waals surface area (Å²) in [4.78, 5) is 12.8. The van der Waals surface area contributed by atoms with Gasteiger partial charge in [0.15, 0.2) is 12.1 Å². The number of rotatable bonds is 5. The van der Waals surface area contributed by atoms with Crippen LogP contribution < -0.4 is 0 Å². The molecule has 3 rings (SSSR count). The van der Waals surface area contributed by atoms with Gasteiger partial charge in [-0.15, -0.1) is 0 Å². The third-order valence-corrected chi connectivity index (χ3v) is 3.82. The summed E-state index contributed by atoms with van der Waals surface area (Å²) in [6.07, 6.45) is 2.05. The second-order valence-corrected chi connectivity index (χ2v) is 5.45. The van der Waals surface area contributed by atoms with Crippen LogP contribution in [0.3, 0.4) is 0 Å². The number of benzene rings is 2. The van der Waals surface area contributed by atoms with Crippen LogP contribution >= 0.6 is 0 Å². The Labute approximate surface area is 130 Å². The van der Waals surface area contributed by atoms with Crippen molar-refractivity contribution in [2.24, 2.45) is 0 Å². The molecule has 3 nitrogen and oxygen atoms in total. The molecule has 0 spiro atoms. The van der Waals surface area contributed by atoms with Gasteiger partial charge in [-0.1, -0.05) is 60.7 Å². The van der Waals surface area contributed by atoms with Crippen LogP contribution in [0.5, 0.6) is 0 Å². The van der Waals surface area contributed by atoms with Crippen molar-refractivity contribution < 1.29 is 14.3 Å². The van der Waals surface area contributed by atoms with E-state index in [1.165, 1.54) is 0 Å². The molecule has 0 radical (unpaired) electrons. The van der Waals surface area contributed by atoms with Gasteiger partial charge in [-0.3, -0.25) is 4.79 Å². The van der Waals surface area contributed by atoms with Crippen molar-refractivity contribution in [1.82, 2.24) is 0 Å². The predicted octanol–water partition coefficient (Wildman–Crippen LogP) is 4.15. The van der Waals surface area contributed by atoms with Gasteiger partial charge in [-0.25, -0.2) is 0 Å². The molecule has 1 fully saturated rings. The Morgan fingerprint density at radius 1 is 1.00 bits per heavy atom. The highest BCUT2D eigenvalue weighted by Gasteiger charge is 2.27. The molecule has 1 aliphatic rings. The number of Topliss-reactive ketones (excluding diaryl/α,β-unsaturated/α-hetero) is 1. The Bertz CT molecular complexity index is 589. The molecule has 0 N–H and O–H groups in total. The van der Waals surface area contributed by atoms with Crippen molar-refractivity contribution in [2.75, 3.05) is 6.61 Å². The molecule has 0 saturated carbocycles. The molecule has 2 aromatic carbocycles. The van der Waals surface area contributed by atoms with Gasteiger partial charge in [0.25, 0.3) is 0 Å². The molecular weight excluding hydrogens is 276 g/mol. The number of carbonyl (C=O) groups is 1. The molecule has 3 heteroatoms. The molecule has 0 aliphatic carbocycles. The van der Waals surface area contributed by atoms with Gasteiger partial charge in [-0.2, -0.15) is 0 Å². The Morgan fingerprint density at radius 2 is 1.68 bits per heavy atom. The van der Waals surface area contributed by atoms with Gasteiger partial charge in [0.2, 0.25) is 0 Å². The zero-order valence-corrected chi connectivity index (χ0v) is 12.5. The summed E-state index contributed by atoms with van der Waals surface area (Å²) < 4.78 is 11.7. The zero-order valence-electron chi connectivity index (χ0n) is 12.5. The molecule has 1 heterocycles. The normalized spacial score (nSPS) is 19.5. The van der Waals surface area contributed by atoms with Gasteiger partial charge in [0.05, 0.1) is 0 Å².